The molecule has 1 amide bonds. The number of methoxy groups -OCH3 is 1. The minimum absolute atomic E-state index is 0.0526. The fraction of sp³-hybridized carbons (Fsp3) is 0.263. The number of rotatable bonds is 8. The van der Waals surface area contributed by atoms with Crippen LogP contribution in [0.5, 0.6) is 5.75 Å². The Kier molecular flexibility index (Phi) is 6.43. The molecule has 1 N–H and O–H groups in total. The van der Waals surface area contributed by atoms with Gasteiger partial charge in [-0.15, -0.1) is 10.2 Å². The van der Waals surface area contributed by atoms with Crippen LogP contribution in [0.15, 0.2) is 53.8 Å². The van der Waals surface area contributed by atoms with Crippen LogP contribution in [0.25, 0.3) is 5.69 Å². The van der Waals surface area contributed by atoms with Crippen LogP contribution in [-0.4, -0.2) is 45.1 Å². The third kappa shape index (κ3) is 4.85. The summed E-state index contributed by atoms with van der Waals surface area (Å²) in [5.41, 5.74) is 1.80. The number of amides is 1. The summed E-state index contributed by atoms with van der Waals surface area (Å²) in [6.45, 7) is 2.42. The fourth-order valence-corrected chi connectivity index (χ4v) is 3.41. The monoisotopic (exact) mass is 383 g/mol. The number of thioether (sulfide) groups is 1. The average Bonchev–Trinajstić information content (AvgIpc) is 3.07. The molecule has 0 aliphatic rings. The minimum atomic E-state index is -0.0526. The van der Waals surface area contributed by atoms with Crippen LogP contribution in [0.2, 0.25) is 0 Å². The van der Waals surface area contributed by atoms with E-state index in [1.807, 2.05) is 54.0 Å². The summed E-state index contributed by atoms with van der Waals surface area (Å²) in [5.74, 6) is 1.66. The normalized spacial score (nSPS) is 10.6. The fourth-order valence-electron chi connectivity index (χ4n) is 2.59. The van der Waals surface area contributed by atoms with Gasteiger partial charge in [0.2, 0.25) is 5.91 Å². The van der Waals surface area contributed by atoms with Crippen molar-refractivity contribution < 1.29 is 9.53 Å². The molecule has 3 rings (SSSR count). The summed E-state index contributed by atoms with van der Waals surface area (Å²) >= 11 is 1.34. The first kappa shape index (κ1) is 18.9. The van der Waals surface area contributed by atoms with E-state index >= 15 is 0 Å². The molecule has 1 aromatic carbocycles. The summed E-state index contributed by atoms with van der Waals surface area (Å²) in [4.78, 5) is 16.4. The maximum Gasteiger partial charge on any atom is 0.230 e. The standard InChI is InChI=1S/C19H21N5O2S/c1-14-22-23-19(24(14)16-8-3-4-9-17(16)26-2)27-13-18(25)21-12-10-15-7-5-6-11-20-15/h3-9,11H,10,12-13H2,1-2H3,(H,21,25). The number of aromatic nitrogens is 4. The summed E-state index contributed by atoms with van der Waals surface area (Å²) in [7, 11) is 1.63. The second kappa shape index (κ2) is 9.18. The number of ether oxygens (including phenoxy) is 1. The Hall–Kier alpha value is -2.87. The molecule has 2 heterocycles. The number of para-hydroxylation sites is 2. The van der Waals surface area contributed by atoms with Crippen molar-refractivity contribution in [2.45, 2.75) is 18.5 Å². The van der Waals surface area contributed by atoms with Gasteiger partial charge < -0.3 is 10.1 Å². The first-order valence-corrected chi connectivity index (χ1v) is 9.52. The van der Waals surface area contributed by atoms with Gasteiger partial charge in [0.25, 0.3) is 0 Å². The Morgan fingerprint density at radius 3 is 2.78 bits per heavy atom. The molecule has 8 heteroatoms. The first-order chi connectivity index (χ1) is 13.2. The van der Waals surface area contributed by atoms with Crippen molar-refractivity contribution in [2.24, 2.45) is 0 Å². The van der Waals surface area contributed by atoms with Crippen molar-refractivity contribution in [2.75, 3.05) is 19.4 Å². The largest absolute Gasteiger partial charge is 0.495 e. The molecule has 0 unspecified atom stereocenters. The molecule has 0 aliphatic heterocycles. The van der Waals surface area contributed by atoms with E-state index in [0.29, 0.717) is 18.1 Å². The third-order valence-electron chi connectivity index (χ3n) is 3.88. The van der Waals surface area contributed by atoms with Gasteiger partial charge in [-0.1, -0.05) is 30.0 Å². The van der Waals surface area contributed by atoms with Gasteiger partial charge in [0.1, 0.15) is 11.6 Å². The zero-order valence-corrected chi connectivity index (χ0v) is 16.1. The van der Waals surface area contributed by atoms with Crippen LogP contribution in [0.1, 0.15) is 11.5 Å². The van der Waals surface area contributed by atoms with E-state index in [9.17, 15) is 4.79 Å². The Labute approximate surface area is 162 Å². The van der Waals surface area contributed by atoms with Crippen molar-refractivity contribution in [1.82, 2.24) is 25.1 Å². The number of carbonyl (C=O) groups excluding carboxylic acids is 1. The lowest BCUT2D eigenvalue weighted by Crippen LogP contribution is -2.27. The predicted octanol–water partition coefficient (Wildman–Crippen LogP) is 2.43. The van der Waals surface area contributed by atoms with Crippen LogP contribution in [0.4, 0.5) is 0 Å². The molecule has 0 saturated heterocycles. The number of nitrogens with zero attached hydrogens (tertiary/aromatic N) is 4. The van der Waals surface area contributed by atoms with Crippen LogP contribution in [0, 0.1) is 6.92 Å². The van der Waals surface area contributed by atoms with Gasteiger partial charge >= 0.3 is 0 Å². The molecule has 7 nitrogen and oxygen atoms in total. The minimum Gasteiger partial charge on any atom is -0.495 e. The van der Waals surface area contributed by atoms with E-state index in [4.69, 9.17) is 4.74 Å². The van der Waals surface area contributed by atoms with E-state index in [1.54, 1.807) is 13.3 Å². The smallest absolute Gasteiger partial charge is 0.230 e. The van der Waals surface area contributed by atoms with Gasteiger partial charge in [0.05, 0.1) is 18.6 Å². The molecule has 0 fully saturated rings. The summed E-state index contributed by atoms with van der Waals surface area (Å²) in [5, 5.41) is 11.9. The maximum absolute atomic E-state index is 12.1. The second-order valence-electron chi connectivity index (χ2n) is 5.75. The average molecular weight is 383 g/mol. The molecule has 0 bridgehead atoms. The molecule has 0 aliphatic carbocycles. The van der Waals surface area contributed by atoms with Crippen LogP contribution < -0.4 is 10.1 Å². The third-order valence-corrected chi connectivity index (χ3v) is 4.81. The zero-order valence-electron chi connectivity index (χ0n) is 15.3. The van der Waals surface area contributed by atoms with E-state index in [1.165, 1.54) is 11.8 Å². The molecule has 27 heavy (non-hydrogen) atoms. The Morgan fingerprint density at radius 2 is 2.00 bits per heavy atom. The van der Waals surface area contributed by atoms with Crippen LogP contribution in [0.3, 0.4) is 0 Å². The molecule has 0 atom stereocenters. The molecular formula is C19H21N5O2S. The van der Waals surface area contributed by atoms with Gasteiger partial charge in [0, 0.05) is 24.9 Å². The predicted molar refractivity (Wildman–Crippen MR) is 104 cm³/mol. The SMILES string of the molecule is COc1ccccc1-n1c(C)nnc1SCC(=O)NCCc1ccccn1. The van der Waals surface area contributed by atoms with E-state index in [2.05, 4.69) is 20.5 Å². The molecule has 3 aromatic rings. The second-order valence-corrected chi connectivity index (χ2v) is 6.69. The summed E-state index contributed by atoms with van der Waals surface area (Å²) in [6.07, 6.45) is 2.45. The molecule has 0 radical (unpaired) electrons. The van der Waals surface area contributed by atoms with Gasteiger partial charge in [-0.2, -0.15) is 0 Å². The van der Waals surface area contributed by atoms with E-state index < -0.39 is 0 Å². The van der Waals surface area contributed by atoms with Crippen molar-refractivity contribution in [1.29, 1.82) is 0 Å². The number of nitrogens with one attached hydrogen (secondary N) is 1. The lowest BCUT2D eigenvalue weighted by Gasteiger charge is -2.12. The van der Waals surface area contributed by atoms with Crippen molar-refractivity contribution >= 4 is 17.7 Å². The highest BCUT2D eigenvalue weighted by Crippen LogP contribution is 2.28. The summed E-state index contributed by atoms with van der Waals surface area (Å²) < 4.78 is 7.32. The Bertz CT molecular complexity index is 898. The van der Waals surface area contributed by atoms with Gasteiger partial charge in [-0.3, -0.25) is 14.3 Å². The maximum atomic E-state index is 12.1. The zero-order chi connectivity index (χ0) is 19.1. The number of aryl methyl sites for hydroxylation is 1. The van der Waals surface area contributed by atoms with E-state index in [-0.39, 0.29) is 11.7 Å². The molecule has 140 valence electrons. The lowest BCUT2D eigenvalue weighted by atomic mass is 10.3. The number of pyridine rings is 1. The van der Waals surface area contributed by atoms with Crippen molar-refractivity contribution in [3.05, 3.63) is 60.2 Å². The topological polar surface area (TPSA) is 81.9 Å². The van der Waals surface area contributed by atoms with Gasteiger partial charge in [-0.25, -0.2) is 0 Å². The molecule has 2 aromatic heterocycles. The van der Waals surface area contributed by atoms with Crippen LogP contribution >= 0.6 is 11.8 Å². The number of hydrogen-bond donors (Lipinski definition) is 1. The van der Waals surface area contributed by atoms with Crippen molar-refractivity contribution in [3.63, 3.8) is 0 Å². The first-order valence-electron chi connectivity index (χ1n) is 8.54. The highest BCUT2D eigenvalue weighted by Gasteiger charge is 2.16. The number of hydrogen-bond acceptors (Lipinski definition) is 6. The van der Waals surface area contributed by atoms with Crippen molar-refractivity contribution in [3.8, 4) is 11.4 Å². The molecule has 0 saturated carbocycles. The van der Waals surface area contributed by atoms with Gasteiger partial charge in [0.15, 0.2) is 5.16 Å². The number of carbonyl (C=O) groups is 1. The van der Waals surface area contributed by atoms with Gasteiger partial charge in [-0.05, 0) is 31.2 Å². The highest BCUT2D eigenvalue weighted by molar-refractivity contribution is 7.99. The van der Waals surface area contributed by atoms with Crippen LogP contribution in [-0.2, 0) is 11.2 Å². The highest BCUT2D eigenvalue weighted by atomic mass is 32.2. The molecular weight excluding hydrogens is 362 g/mol. The lowest BCUT2D eigenvalue weighted by molar-refractivity contribution is -0.118. The Balaban J connectivity index is 1.59. The molecule has 0 spiro atoms. The summed E-state index contributed by atoms with van der Waals surface area (Å²) in [6, 6.07) is 13.4. The number of benzene rings is 1. The van der Waals surface area contributed by atoms with E-state index in [0.717, 1.165) is 23.0 Å². The Morgan fingerprint density at radius 1 is 1.19 bits per heavy atom. The quantitative estimate of drug-likeness (QED) is 0.602.